The molecule has 1 atom stereocenters. The van der Waals surface area contributed by atoms with Gasteiger partial charge in [0.25, 0.3) is 5.91 Å². The number of halogens is 1. The van der Waals surface area contributed by atoms with Gasteiger partial charge in [0, 0.05) is 22.8 Å². The number of thioether (sulfide) groups is 1. The number of ether oxygens (including phenoxy) is 1. The van der Waals surface area contributed by atoms with E-state index in [0.29, 0.717) is 16.7 Å². The molecule has 1 fully saturated rings. The molecule has 5 nitrogen and oxygen atoms in total. The van der Waals surface area contributed by atoms with Gasteiger partial charge in [-0.25, -0.2) is 0 Å². The highest BCUT2D eigenvalue weighted by Crippen LogP contribution is 2.34. The summed E-state index contributed by atoms with van der Waals surface area (Å²) in [6, 6.07) is 5.51. The first-order valence-corrected chi connectivity index (χ1v) is 10.5. The molecule has 0 spiro atoms. The Kier molecular flexibility index (Phi) is 6.28. The fourth-order valence-corrected chi connectivity index (χ4v) is 4.72. The number of hydrogen-bond donors (Lipinski definition) is 0. The maximum absolute atomic E-state index is 12.9. The van der Waals surface area contributed by atoms with Crippen LogP contribution in [-0.4, -0.2) is 54.0 Å². The van der Waals surface area contributed by atoms with E-state index in [-0.39, 0.29) is 25.0 Å². The van der Waals surface area contributed by atoms with E-state index in [9.17, 15) is 9.59 Å². The highest BCUT2D eigenvalue weighted by atomic mass is 79.9. The lowest BCUT2D eigenvalue weighted by atomic mass is 10.2. The van der Waals surface area contributed by atoms with Crippen LogP contribution < -0.4 is 9.64 Å². The number of benzene rings is 1. The molecule has 7 heteroatoms. The molecule has 1 aromatic carbocycles. The van der Waals surface area contributed by atoms with Crippen molar-refractivity contribution in [3.8, 4) is 5.75 Å². The summed E-state index contributed by atoms with van der Waals surface area (Å²) in [5.41, 5.74) is 0.669. The van der Waals surface area contributed by atoms with E-state index in [1.54, 1.807) is 4.90 Å². The van der Waals surface area contributed by atoms with Gasteiger partial charge in [0.15, 0.2) is 6.61 Å². The Hall–Kier alpha value is -1.21. The Labute approximate surface area is 161 Å². The number of likely N-dealkylation sites (tertiary alicyclic amines) is 1. The van der Waals surface area contributed by atoms with Crippen LogP contribution in [0.3, 0.4) is 0 Å². The molecule has 0 aromatic heterocycles. The predicted octanol–water partition coefficient (Wildman–Crippen LogP) is 3.31. The van der Waals surface area contributed by atoms with Crippen molar-refractivity contribution in [1.29, 1.82) is 0 Å². The van der Waals surface area contributed by atoms with E-state index < -0.39 is 0 Å². The second kappa shape index (κ2) is 8.45. The second-order valence-corrected chi connectivity index (χ2v) is 8.79. The normalized spacial score (nSPS) is 20.7. The van der Waals surface area contributed by atoms with Crippen LogP contribution >= 0.6 is 27.7 Å². The number of amides is 2. The SMILES string of the molecule is CCSC1CCCCN(C(=O)CN2C(=O)COc3cc(Br)ccc32)C1. The van der Waals surface area contributed by atoms with Crippen molar-refractivity contribution in [1.82, 2.24) is 4.90 Å². The number of hydrogen-bond acceptors (Lipinski definition) is 4. The van der Waals surface area contributed by atoms with Gasteiger partial charge in [-0.1, -0.05) is 29.3 Å². The standard InChI is InChI=1S/C18H23BrN2O3S/c1-2-25-14-5-3-4-8-20(10-14)17(22)11-21-15-7-6-13(19)9-16(15)24-12-18(21)23/h6-7,9,14H,2-5,8,10-12H2,1H3. The monoisotopic (exact) mass is 426 g/mol. The van der Waals surface area contributed by atoms with Gasteiger partial charge in [-0.15, -0.1) is 0 Å². The zero-order chi connectivity index (χ0) is 17.8. The topological polar surface area (TPSA) is 49.9 Å². The van der Waals surface area contributed by atoms with E-state index in [1.165, 1.54) is 0 Å². The summed E-state index contributed by atoms with van der Waals surface area (Å²) in [5.74, 6) is 1.55. The molecule has 0 radical (unpaired) electrons. The van der Waals surface area contributed by atoms with Gasteiger partial charge < -0.3 is 9.64 Å². The molecule has 2 amide bonds. The van der Waals surface area contributed by atoms with Crippen molar-refractivity contribution in [2.45, 2.75) is 31.4 Å². The smallest absolute Gasteiger partial charge is 0.265 e. The molecule has 2 aliphatic heterocycles. The minimum atomic E-state index is -0.169. The molecule has 2 aliphatic rings. The molecular formula is C18H23BrN2O3S. The van der Waals surface area contributed by atoms with Crippen LogP contribution in [0.25, 0.3) is 0 Å². The average molecular weight is 427 g/mol. The van der Waals surface area contributed by atoms with Crippen LogP contribution in [-0.2, 0) is 9.59 Å². The molecule has 1 saturated heterocycles. The van der Waals surface area contributed by atoms with Crippen LogP contribution in [0.2, 0.25) is 0 Å². The minimum absolute atomic E-state index is 0.0210. The predicted molar refractivity (Wildman–Crippen MR) is 104 cm³/mol. The molecule has 2 heterocycles. The maximum atomic E-state index is 12.9. The molecule has 0 bridgehead atoms. The Morgan fingerprint density at radius 2 is 2.24 bits per heavy atom. The zero-order valence-electron chi connectivity index (χ0n) is 14.4. The summed E-state index contributed by atoms with van der Waals surface area (Å²) in [6.45, 7) is 3.78. The minimum Gasteiger partial charge on any atom is -0.482 e. The Bertz CT molecular complexity index is 655. The van der Waals surface area contributed by atoms with Crippen LogP contribution in [0.5, 0.6) is 5.75 Å². The Morgan fingerprint density at radius 1 is 1.40 bits per heavy atom. The van der Waals surface area contributed by atoms with Gasteiger partial charge in [-0.05, 0) is 36.8 Å². The van der Waals surface area contributed by atoms with E-state index in [1.807, 2.05) is 34.9 Å². The average Bonchev–Trinajstić information content (AvgIpc) is 2.83. The number of carbonyl (C=O) groups excluding carboxylic acids is 2. The largest absolute Gasteiger partial charge is 0.482 e. The molecule has 136 valence electrons. The van der Waals surface area contributed by atoms with Gasteiger partial charge >= 0.3 is 0 Å². The molecule has 25 heavy (non-hydrogen) atoms. The first-order chi connectivity index (χ1) is 12.1. The van der Waals surface area contributed by atoms with Crippen LogP contribution in [0.1, 0.15) is 26.2 Å². The van der Waals surface area contributed by atoms with E-state index >= 15 is 0 Å². The lowest BCUT2D eigenvalue weighted by Crippen LogP contribution is -2.47. The lowest BCUT2D eigenvalue weighted by molar-refractivity contribution is -0.131. The second-order valence-electron chi connectivity index (χ2n) is 6.29. The van der Waals surface area contributed by atoms with Gasteiger partial charge in [-0.3, -0.25) is 14.5 Å². The van der Waals surface area contributed by atoms with Gasteiger partial charge in [0.05, 0.1) is 5.69 Å². The quantitative estimate of drug-likeness (QED) is 0.740. The fourth-order valence-electron chi connectivity index (χ4n) is 3.29. The zero-order valence-corrected chi connectivity index (χ0v) is 16.8. The maximum Gasteiger partial charge on any atom is 0.265 e. The lowest BCUT2D eigenvalue weighted by Gasteiger charge is -2.31. The summed E-state index contributed by atoms with van der Waals surface area (Å²) < 4.78 is 6.38. The van der Waals surface area contributed by atoms with Gasteiger partial charge in [0.2, 0.25) is 5.91 Å². The van der Waals surface area contributed by atoms with Crippen molar-refractivity contribution < 1.29 is 14.3 Å². The molecule has 0 aliphatic carbocycles. The highest BCUT2D eigenvalue weighted by molar-refractivity contribution is 9.10. The van der Waals surface area contributed by atoms with E-state index in [0.717, 1.165) is 42.6 Å². The van der Waals surface area contributed by atoms with Crippen molar-refractivity contribution in [3.63, 3.8) is 0 Å². The number of nitrogens with zero attached hydrogens (tertiary/aromatic N) is 2. The fraction of sp³-hybridized carbons (Fsp3) is 0.556. The number of rotatable bonds is 4. The first-order valence-electron chi connectivity index (χ1n) is 8.70. The molecule has 1 aromatic rings. The summed E-state index contributed by atoms with van der Waals surface area (Å²) in [4.78, 5) is 28.7. The Morgan fingerprint density at radius 3 is 3.04 bits per heavy atom. The third-order valence-electron chi connectivity index (χ3n) is 4.54. The molecule has 1 unspecified atom stereocenters. The number of carbonyl (C=O) groups is 2. The molecule has 0 saturated carbocycles. The molecule has 0 N–H and O–H groups in total. The van der Waals surface area contributed by atoms with Crippen molar-refractivity contribution >= 4 is 45.2 Å². The third kappa shape index (κ3) is 4.50. The van der Waals surface area contributed by atoms with Crippen molar-refractivity contribution in [3.05, 3.63) is 22.7 Å². The third-order valence-corrected chi connectivity index (χ3v) is 6.22. The van der Waals surface area contributed by atoms with Gasteiger partial charge in [-0.2, -0.15) is 11.8 Å². The summed E-state index contributed by atoms with van der Waals surface area (Å²) >= 11 is 5.33. The van der Waals surface area contributed by atoms with Crippen molar-refractivity contribution in [2.24, 2.45) is 0 Å². The highest BCUT2D eigenvalue weighted by Gasteiger charge is 2.30. The molecule has 3 rings (SSSR count). The first kappa shape index (κ1) is 18.6. The summed E-state index contributed by atoms with van der Waals surface area (Å²) in [7, 11) is 0. The van der Waals surface area contributed by atoms with E-state index in [4.69, 9.17) is 4.74 Å². The summed E-state index contributed by atoms with van der Waals surface area (Å²) in [5, 5.41) is 0.500. The summed E-state index contributed by atoms with van der Waals surface area (Å²) in [6.07, 6.45) is 3.36. The Balaban J connectivity index is 1.72. The molecular weight excluding hydrogens is 404 g/mol. The number of fused-ring (bicyclic) bond motifs is 1. The van der Waals surface area contributed by atoms with Gasteiger partial charge in [0.1, 0.15) is 12.3 Å². The van der Waals surface area contributed by atoms with E-state index in [2.05, 4.69) is 22.9 Å². The van der Waals surface area contributed by atoms with Crippen LogP contribution in [0.4, 0.5) is 5.69 Å². The van der Waals surface area contributed by atoms with Crippen molar-refractivity contribution in [2.75, 3.05) is 36.9 Å². The number of anilines is 1. The van der Waals surface area contributed by atoms with Crippen LogP contribution in [0, 0.1) is 0 Å². The van der Waals surface area contributed by atoms with Crippen LogP contribution in [0.15, 0.2) is 22.7 Å².